The minimum atomic E-state index is -0.209. The molecule has 2 aromatic rings. The van der Waals surface area contributed by atoms with Gasteiger partial charge in [0.1, 0.15) is 11.8 Å². The maximum Gasteiger partial charge on any atom is 0.273 e. The Morgan fingerprint density at radius 1 is 1.31 bits per heavy atom. The van der Waals surface area contributed by atoms with Crippen molar-refractivity contribution < 1.29 is 9.32 Å². The Labute approximate surface area is 153 Å². The number of nitrogens with zero attached hydrogens (tertiary/aromatic N) is 5. The number of hydrogen-bond acceptors (Lipinski definition) is 6. The van der Waals surface area contributed by atoms with Gasteiger partial charge >= 0.3 is 0 Å². The molecule has 0 saturated carbocycles. The van der Waals surface area contributed by atoms with Crippen molar-refractivity contribution in [3.8, 4) is 6.07 Å². The fraction of sp³-hybridized carbons (Fsp3) is 0.526. The van der Waals surface area contributed by atoms with Crippen LogP contribution in [0.2, 0.25) is 0 Å². The molecule has 0 bridgehead atoms. The highest BCUT2D eigenvalue weighted by Crippen LogP contribution is 2.30. The molecule has 136 valence electrons. The summed E-state index contributed by atoms with van der Waals surface area (Å²) in [6, 6.07) is 5.13. The van der Waals surface area contributed by atoms with E-state index in [4.69, 9.17) is 9.78 Å². The first-order valence-corrected chi connectivity index (χ1v) is 9.03. The van der Waals surface area contributed by atoms with Crippen molar-refractivity contribution >= 4 is 5.91 Å². The van der Waals surface area contributed by atoms with Gasteiger partial charge in [-0.05, 0) is 31.9 Å². The molecule has 3 rings (SSSR count). The lowest BCUT2D eigenvalue weighted by atomic mass is 10.1. The molecule has 1 amide bonds. The number of carbonyl (C=O) groups excluding carboxylic acids is 1. The molecular weight excluding hydrogens is 330 g/mol. The van der Waals surface area contributed by atoms with E-state index in [0.29, 0.717) is 35.2 Å². The predicted molar refractivity (Wildman–Crippen MR) is 94.3 cm³/mol. The van der Waals surface area contributed by atoms with Gasteiger partial charge in [0, 0.05) is 12.5 Å². The van der Waals surface area contributed by atoms with E-state index in [1.54, 1.807) is 24.0 Å². The van der Waals surface area contributed by atoms with Gasteiger partial charge in [0.15, 0.2) is 5.82 Å². The Bertz CT molecular complexity index is 837. The smallest absolute Gasteiger partial charge is 0.273 e. The average Bonchev–Trinajstić information content (AvgIpc) is 3.00. The first-order valence-electron chi connectivity index (χ1n) is 9.03. The van der Waals surface area contributed by atoms with Crippen LogP contribution < -0.4 is 0 Å². The molecule has 1 saturated heterocycles. The quantitative estimate of drug-likeness (QED) is 0.837. The van der Waals surface area contributed by atoms with E-state index >= 15 is 0 Å². The van der Waals surface area contributed by atoms with Crippen molar-refractivity contribution in [1.29, 1.82) is 5.26 Å². The topological polar surface area (TPSA) is 95.9 Å². The molecule has 0 aromatic carbocycles. The van der Waals surface area contributed by atoms with Gasteiger partial charge in [-0.25, -0.2) is 4.98 Å². The molecule has 7 nitrogen and oxygen atoms in total. The number of carbonyl (C=O) groups is 1. The van der Waals surface area contributed by atoms with Crippen LogP contribution in [-0.4, -0.2) is 32.5 Å². The number of hydrogen-bond donors (Lipinski definition) is 0. The van der Waals surface area contributed by atoms with Crippen molar-refractivity contribution in [3.05, 3.63) is 40.8 Å². The highest BCUT2D eigenvalue weighted by molar-refractivity contribution is 5.92. The van der Waals surface area contributed by atoms with Gasteiger partial charge in [0.05, 0.1) is 17.3 Å². The fourth-order valence-corrected chi connectivity index (χ4v) is 3.18. The lowest BCUT2D eigenvalue weighted by molar-refractivity contribution is 0.0664. The van der Waals surface area contributed by atoms with Crippen LogP contribution in [0.1, 0.15) is 85.0 Å². The SMILES string of the molecule is Cc1nc(C(=O)N2CCCCCC2c2noc(C(C)C)n2)ccc1C#N. The number of likely N-dealkylation sites (tertiary alicyclic amines) is 1. The van der Waals surface area contributed by atoms with Crippen LogP contribution >= 0.6 is 0 Å². The monoisotopic (exact) mass is 353 g/mol. The first kappa shape index (κ1) is 18.1. The van der Waals surface area contributed by atoms with Crippen LogP contribution in [0, 0.1) is 18.3 Å². The van der Waals surface area contributed by atoms with Crippen LogP contribution in [0.4, 0.5) is 0 Å². The molecule has 3 heterocycles. The highest BCUT2D eigenvalue weighted by Gasteiger charge is 2.32. The minimum absolute atomic E-state index is 0.147. The standard InChI is InChI=1S/C19H23N5O2/c1-12(2)18-22-17(23-26-18)16-7-5-4-6-10-24(16)19(25)15-9-8-14(11-20)13(3)21-15/h8-9,12,16H,4-7,10H2,1-3H3. The average molecular weight is 353 g/mol. The molecule has 0 radical (unpaired) electrons. The van der Waals surface area contributed by atoms with E-state index in [1.165, 1.54) is 0 Å². The molecule has 1 atom stereocenters. The third-order valence-corrected chi connectivity index (χ3v) is 4.69. The second-order valence-electron chi connectivity index (χ2n) is 6.95. The molecule has 7 heteroatoms. The van der Waals surface area contributed by atoms with Crippen LogP contribution in [-0.2, 0) is 0 Å². The van der Waals surface area contributed by atoms with Crippen molar-refractivity contribution in [2.24, 2.45) is 0 Å². The molecular formula is C19H23N5O2. The predicted octanol–water partition coefficient (Wildman–Crippen LogP) is 3.53. The summed E-state index contributed by atoms with van der Waals surface area (Å²) >= 11 is 0. The van der Waals surface area contributed by atoms with Crippen molar-refractivity contribution in [3.63, 3.8) is 0 Å². The number of pyridine rings is 1. The number of nitriles is 1. The highest BCUT2D eigenvalue weighted by atomic mass is 16.5. The summed E-state index contributed by atoms with van der Waals surface area (Å²) in [6.45, 7) is 6.37. The van der Waals surface area contributed by atoms with Gasteiger partial charge in [0.25, 0.3) is 5.91 Å². The number of amides is 1. The zero-order valence-electron chi connectivity index (χ0n) is 15.4. The summed E-state index contributed by atoms with van der Waals surface area (Å²) in [7, 11) is 0. The molecule has 1 aliphatic heterocycles. The Hall–Kier alpha value is -2.75. The molecule has 1 unspecified atom stereocenters. The lowest BCUT2D eigenvalue weighted by Crippen LogP contribution is -2.36. The van der Waals surface area contributed by atoms with E-state index in [2.05, 4.69) is 21.2 Å². The van der Waals surface area contributed by atoms with E-state index in [0.717, 1.165) is 25.7 Å². The Morgan fingerprint density at radius 2 is 2.12 bits per heavy atom. The Kier molecular flexibility index (Phi) is 5.31. The maximum absolute atomic E-state index is 13.1. The van der Waals surface area contributed by atoms with Gasteiger partial charge in [-0.3, -0.25) is 4.79 Å². The summed E-state index contributed by atoms with van der Waals surface area (Å²) in [5.74, 6) is 1.15. The zero-order valence-corrected chi connectivity index (χ0v) is 15.4. The summed E-state index contributed by atoms with van der Waals surface area (Å²) in [4.78, 5) is 23.8. The summed E-state index contributed by atoms with van der Waals surface area (Å²) in [5, 5.41) is 13.2. The molecule has 0 aliphatic carbocycles. The van der Waals surface area contributed by atoms with Crippen LogP contribution in [0.3, 0.4) is 0 Å². The van der Waals surface area contributed by atoms with E-state index in [9.17, 15) is 4.79 Å². The molecule has 0 N–H and O–H groups in total. The Morgan fingerprint density at radius 3 is 2.77 bits per heavy atom. The third-order valence-electron chi connectivity index (χ3n) is 4.69. The number of rotatable bonds is 3. The summed E-state index contributed by atoms with van der Waals surface area (Å²) < 4.78 is 5.35. The van der Waals surface area contributed by atoms with Crippen LogP contribution in [0.5, 0.6) is 0 Å². The molecule has 26 heavy (non-hydrogen) atoms. The maximum atomic E-state index is 13.1. The van der Waals surface area contributed by atoms with E-state index in [1.807, 2.05) is 13.8 Å². The molecule has 0 spiro atoms. The third kappa shape index (κ3) is 3.59. The molecule has 1 fully saturated rings. The van der Waals surface area contributed by atoms with Gasteiger partial charge in [-0.1, -0.05) is 31.8 Å². The summed E-state index contributed by atoms with van der Waals surface area (Å²) in [6.07, 6.45) is 3.82. The Balaban J connectivity index is 1.92. The van der Waals surface area contributed by atoms with Gasteiger partial charge in [0.2, 0.25) is 5.89 Å². The van der Waals surface area contributed by atoms with E-state index in [-0.39, 0.29) is 17.9 Å². The number of aryl methyl sites for hydroxylation is 1. The second-order valence-corrected chi connectivity index (χ2v) is 6.95. The molecule has 1 aliphatic rings. The zero-order chi connectivity index (χ0) is 18.7. The second kappa shape index (κ2) is 7.65. The van der Waals surface area contributed by atoms with E-state index < -0.39 is 0 Å². The van der Waals surface area contributed by atoms with Crippen molar-refractivity contribution in [2.75, 3.05) is 6.54 Å². The van der Waals surface area contributed by atoms with Crippen LogP contribution in [0.15, 0.2) is 16.7 Å². The van der Waals surface area contributed by atoms with Gasteiger partial charge in [-0.15, -0.1) is 0 Å². The molecule has 2 aromatic heterocycles. The largest absolute Gasteiger partial charge is 0.339 e. The van der Waals surface area contributed by atoms with Gasteiger partial charge < -0.3 is 9.42 Å². The first-order chi connectivity index (χ1) is 12.5. The number of aromatic nitrogens is 3. The lowest BCUT2D eigenvalue weighted by Gasteiger charge is -2.27. The van der Waals surface area contributed by atoms with Crippen LogP contribution in [0.25, 0.3) is 0 Å². The van der Waals surface area contributed by atoms with Crippen molar-refractivity contribution in [1.82, 2.24) is 20.0 Å². The summed E-state index contributed by atoms with van der Waals surface area (Å²) in [5.41, 5.74) is 1.39. The normalized spacial score (nSPS) is 17.8. The van der Waals surface area contributed by atoms with Gasteiger partial charge in [-0.2, -0.15) is 10.2 Å². The van der Waals surface area contributed by atoms with Crippen molar-refractivity contribution in [2.45, 2.75) is 58.4 Å². The minimum Gasteiger partial charge on any atom is -0.339 e. The fourth-order valence-electron chi connectivity index (χ4n) is 3.18.